The molecule has 0 saturated heterocycles. The van der Waals surface area contributed by atoms with Gasteiger partial charge in [-0.15, -0.1) is 0 Å². The minimum Gasteiger partial charge on any atom is -0.342 e. The number of amides is 1. The Hall–Kier alpha value is -3.78. The van der Waals surface area contributed by atoms with Crippen LogP contribution in [0.15, 0.2) is 76.5 Å². The molecule has 1 aromatic heterocycles. The monoisotopic (exact) mass is 431 g/mol. The third kappa shape index (κ3) is 3.03. The van der Waals surface area contributed by atoms with Gasteiger partial charge in [0.1, 0.15) is 5.82 Å². The van der Waals surface area contributed by atoms with Gasteiger partial charge in [0.2, 0.25) is 9.84 Å². The van der Waals surface area contributed by atoms with Gasteiger partial charge in [0.05, 0.1) is 26.9 Å². The highest BCUT2D eigenvalue weighted by Crippen LogP contribution is 2.34. The number of fused-ring (bicyclic) bond motifs is 3. The smallest absolute Gasteiger partial charge is 0.251 e. The van der Waals surface area contributed by atoms with Gasteiger partial charge in [0.25, 0.3) is 5.91 Å². The Balaban J connectivity index is 1.47. The molecule has 1 aliphatic rings. The minimum absolute atomic E-state index is 0.0410. The van der Waals surface area contributed by atoms with Gasteiger partial charge in [-0.05, 0) is 49.4 Å². The van der Waals surface area contributed by atoms with Crippen LogP contribution in [0, 0.1) is 0 Å². The van der Waals surface area contributed by atoms with Crippen LogP contribution in [0.4, 0.5) is 0 Å². The number of imidazole rings is 1. The van der Waals surface area contributed by atoms with Gasteiger partial charge in [-0.3, -0.25) is 9.59 Å². The Bertz CT molecular complexity index is 1450. The summed E-state index contributed by atoms with van der Waals surface area (Å²) in [6, 6.07) is 17.3. The number of aromatic nitrogens is 2. The van der Waals surface area contributed by atoms with Gasteiger partial charge in [0, 0.05) is 16.7 Å². The summed E-state index contributed by atoms with van der Waals surface area (Å²) < 4.78 is 26.1. The lowest BCUT2D eigenvalue weighted by Crippen LogP contribution is -2.28. The van der Waals surface area contributed by atoms with E-state index in [2.05, 4.69) is 15.3 Å². The van der Waals surface area contributed by atoms with Crippen molar-refractivity contribution in [1.82, 2.24) is 15.3 Å². The zero-order chi connectivity index (χ0) is 21.8. The van der Waals surface area contributed by atoms with E-state index < -0.39 is 21.8 Å². The molecule has 1 aliphatic heterocycles. The summed E-state index contributed by atoms with van der Waals surface area (Å²) >= 11 is 0. The Labute approximate surface area is 178 Å². The molecule has 0 aliphatic carbocycles. The third-order valence-corrected chi connectivity index (χ3v) is 7.22. The zero-order valence-corrected chi connectivity index (χ0v) is 17.2. The summed E-state index contributed by atoms with van der Waals surface area (Å²) in [6.45, 7) is 1.78. The molecule has 0 radical (unpaired) electrons. The molecule has 5 rings (SSSR count). The number of H-pyrrole nitrogens is 1. The number of carbonyl (C=O) groups is 2. The van der Waals surface area contributed by atoms with E-state index in [1.54, 1.807) is 19.1 Å². The predicted molar refractivity (Wildman–Crippen MR) is 114 cm³/mol. The van der Waals surface area contributed by atoms with Crippen molar-refractivity contribution in [3.8, 4) is 0 Å². The molecule has 2 heterocycles. The minimum atomic E-state index is -3.91. The normalized spacial score (nSPS) is 15.2. The van der Waals surface area contributed by atoms with E-state index in [1.807, 2.05) is 24.3 Å². The van der Waals surface area contributed by atoms with Crippen LogP contribution in [0.5, 0.6) is 0 Å². The number of aromatic amines is 1. The van der Waals surface area contributed by atoms with Crippen LogP contribution in [0.25, 0.3) is 11.0 Å². The number of benzene rings is 3. The first-order valence-electron chi connectivity index (χ1n) is 9.64. The second-order valence-corrected chi connectivity index (χ2v) is 9.26. The molecule has 0 fully saturated rings. The number of hydrogen-bond acceptors (Lipinski definition) is 5. The SMILES string of the molecule is C[C@H](NC(=O)c1ccc2c(c1)S(=O)(=O)c1ccccc1C2=O)c1nc2ccccc2[nH]1. The lowest BCUT2D eigenvalue weighted by Gasteiger charge is -2.19. The second kappa shape index (κ2) is 6.88. The summed E-state index contributed by atoms with van der Waals surface area (Å²) in [5.41, 5.74) is 2.01. The summed E-state index contributed by atoms with van der Waals surface area (Å²) in [7, 11) is -3.91. The molecule has 1 amide bonds. The maximum Gasteiger partial charge on any atom is 0.251 e. The van der Waals surface area contributed by atoms with Crippen LogP contribution < -0.4 is 5.32 Å². The van der Waals surface area contributed by atoms with Crippen molar-refractivity contribution in [2.75, 3.05) is 0 Å². The summed E-state index contributed by atoms with van der Waals surface area (Å²) in [5, 5.41) is 2.83. The standard InChI is InChI=1S/C23H17N3O4S/c1-13(22-25-17-7-3-4-8-18(17)26-22)24-23(28)14-10-11-16-20(12-14)31(29,30)19-9-5-2-6-15(19)21(16)27/h2-13H,1H3,(H,24,28)(H,25,26)/t13-/m0/s1. The molecule has 0 unspecified atom stereocenters. The fourth-order valence-corrected chi connectivity index (χ4v) is 5.43. The Morgan fingerprint density at radius 1 is 0.968 bits per heavy atom. The van der Waals surface area contributed by atoms with Crippen LogP contribution in [0.2, 0.25) is 0 Å². The fraction of sp³-hybridized carbons (Fsp3) is 0.0870. The number of nitrogens with zero attached hydrogens (tertiary/aromatic N) is 1. The van der Waals surface area contributed by atoms with Gasteiger partial charge in [-0.1, -0.05) is 24.3 Å². The highest BCUT2D eigenvalue weighted by atomic mass is 32.2. The summed E-state index contributed by atoms with van der Waals surface area (Å²) in [6.07, 6.45) is 0. The summed E-state index contributed by atoms with van der Waals surface area (Å²) in [4.78, 5) is 33.0. The molecule has 7 nitrogen and oxygen atoms in total. The van der Waals surface area contributed by atoms with Crippen LogP contribution in [-0.4, -0.2) is 30.1 Å². The molecule has 154 valence electrons. The molecule has 2 N–H and O–H groups in total. The molecular formula is C23H17N3O4S. The molecule has 1 atom stereocenters. The maximum absolute atomic E-state index is 13.1. The highest BCUT2D eigenvalue weighted by molar-refractivity contribution is 7.91. The molecule has 31 heavy (non-hydrogen) atoms. The average Bonchev–Trinajstić information content (AvgIpc) is 3.22. The van der Waals surface area contributed by atoms with Crippen LogP contribution >= 0.6 is 0 Å². The van der Waals surface area contributed by atoms with E-state index in [9.17, 15) is 18.0 Å². The molecule has 3 aromatic carbocycles. The molecule has 4 aromatic rings. The number of hydrogen-bond donors (Lipinski definition) is 2. The van der Waals surface area contributed by atoms with Crippen molar-refractivity contribution in [3.63, 3.8) is 0 Å². The third-order valence-electron chi connectivity index (χ3n) is 5.36. The van der Waals surface area contributed by atoms with Crippen molar-refractivity contribution in [2.45, 2.75) is 22.8 Å². The molecule has 8 heteroatoms. The van der Waals surface area contributed by atoms with Gasteiger partial charge in [-0.25, -0.2) is 13.4 Å². The molecule has 0 spiro atoms. The number of rotatable bonds is 3. The van der Waals surface area contributed by atoms with Crippen molar-refractivity contribution in [2.24, 2.45) is 0 Å². The topological polar surface area (TPSA) is 109 Å². The first-order chi connectivity index (χ1) is 14.9. The Kier molecular flexibility index (Phi) is 4.26. The first kappa shape index (κ1) is 19.2. The fourth-order valence-electron chi connectivity index (χ4n) is 3.75. The Morgan fingerprint density at radius 3 is 2.48 bits per heavy atom. The van der Waals surface area contributed by atoms with Crippen LogP contribution in [-0.2, 0) is 9.84 Å². The predicted octanol–water partition coefficient (Wildman–Crippen LogP) is 3.43. The number of ketones is 1. The lowest BCUT2D eigenvalue weighted by molar-refractivity contribution is 0.0936. The molecule has 0 saturated carbocycles. The van der Waals surface area contributed by atoms with E-state index >= 15 is 0 Å². The number of carbonyl (C=O) groups excluding carboxylic acids is 2. The van der Waals surface area contributed by atoms with E-state index in [-0.39, 0.29) is 32.3 Å². The van der Waals surface area contributed by atoms with E-state index in [0.29, 0.717) is 5.82 Å². The lowest BCUT2D eigenvalue weighted by atomic mass is 10.0. The highest BCUT2D eigenvalue weighted by Gasteiger charge is 2.35. The Morgan fingerprint density at radius 2 is 1.68 bits per heavy atom. The van der Waals surface area contributed by atoms with E-state index in [1.165, 1.54) is 30.3 Å². The summed E-state index contributed by atoms with van der Waals surface area (Å²) in [5.74, 6) is -0.246. The molecule has 0 bridgehead atoms. The van der Waals surface area contributed by atoms with E-state index in [0.717, 1.165) is 11.0 Å². The molecular weight excluding hydrogens is 414 g/mol. The quantitative estimate of drug-likeness (QED) is 0.455. The van der Waals surface area contributed by atoms with Gasteiger partial charge < -0.3 is 10.3 Å². The largest absolute Gasteiger partial charge is 0.342 e. The van der Waals surface area contributed by atoms with Crippen molar-refractivity contribution in [3.05, 3.63) is 89.2 Å². The average molecular weight is 431 g/mol. The zero-order valence-electron chi connectivity index (χ0n) is 16.4. The van der Waals surface area contributed by atoms with Crippen LogP contribution in [0.3, 0.4) is 0 Å². The number of nitrogens with one attached hydrogen (secondary N) is 2. The maximum atomic E-state index is 13.1. The van der Waals surface area contributed by atoms with Gasteiger partial charge in [-0.2, -0.15) is 0 Å². The second-order valence-electron chi connectivity index (χ2n) is 7.37. The van der Waals surface area contributed by atoms with Gasteiger partial charge in [0.15, 0.2) is 5.78 Å². The number of para-hydroxylation sites is 2. The van der Waals surface area contributed by atoms with E-state index in [4.69, 9.17) is 0 Å². The van der Waals surface area contributed by atoms with Crippen molar-refractivity contribution < 1.29 is 18.0 Å². The van der Waals surface area contributed by atoms with Crippen molar-refractivity contribution in [1.29, 1.82) is 0 Å². The van der Waals surface area contributed by atoms with Gasteiger partial charge >= 0.3 is 0 Å². The van der Waals surface area contributed by atoms with Crippen LogP contribution in [0.1, 0.15) is 45.1 Å². The first-order valence-corrected chi connectivity index (χ1v) is 11.1. The number of sulfone groups is 1. The van der Waals surface area contributed by atoms with Crippen molar-refractivity contribution >= 4 is 32.6 Å².